The maximum atomic E-state index is 12.2. The van der Waals surface area contributed by atoms with Crippen LogP contribution in [-0.2, 0) is 9.59 Å². The highest BCUT2D eigenvalue weighted by Gasteiger charge is 2.16. The van der Waals surface area contributed by atoms with Gasteiger partial charge in [-0.25, -0.2) is 0 Å². The molecule has 0 saturated heterocycles. The Morgan fingerprint density at radius 1 is 1.04 bits per heavy atom. The number of nitrogens with one attached hydrogen (secondary N) is 1. The molecule has 0 radical (unpaired) electrons. The number of nitriles is 2. The van der Waals surface area contributed by atoms with Crippen molar-refractivity contribution in [2.75, 3.05) is 16.8 Å². The number of carbonyl (C=O) groups excluding carboxylic acids is 2. The van der Waals surface area contributed by atoms with Crippen molar-refractivity contribution in [2.24, 2.45) is 0 Å². The molecule has 1 N–H and O–H groups in total. The van der Waals surface area contributed by atoms with Gasteiger partial charge in [0.1, 0.15) is 12.6 Å². The summed E-state index contributed by atoms with van der Waals surface area (Å²) in [7, 11) is 0. The van der Waals surface area contributed by atoms with E-state index in [1.165, 1.54) is 11.8 Å². The van der Waals surface area contributed by atoms with Gasteiger partial charge in [-0.1, -0.05) is 12.1 Å². The number of hydrogen-bond acceptors (Lipinski definition) is 4. The highest BCUT2D eigenvalue weighted by atomic mass is 16.2. The summed E-state index contributed by atoms with van der Waals surface area (Å²) in [6.07, 6.45) is 0. The highest BCUT2D eigenvalue weighted by molar-refractivity contribution is 6.02. The van der Waals surface area contributed by atoms with E-state index < -0.39 is 5.91 Å². The maximum absolute atomic E-state index is 12.2. The standard InChI is InChI=1S/C18H14N4O2/c1-13(23)22(16-8-6-14(10-19)7-9-16)12-18(24)21-17-5-3-2-4-15(17)11-20/h2-9H,12H2,1H3,(H,21,24). The zero-order valence-electron chi connectivity index (χ0n) is 13.0. The van der Waals surface area contributed by atoms with Gasteiger partial charge in [0.25, 0.3) is 0 Å². The number of rotatable bonds is 4. The van der Waals surface area contributed by atoms with E-state index >= 15 is 0 Å². The molecule has 6 heteroatoms. The predicted molar refractivity (Wildman–Crippen MR) is 89.0 cm³/mol. The van der Waals surface area contributed by atoms with Crippen molar-refractivity contribution in [2.45, 2.75) is 6.92 Å². The zero-order chi connectivity index (χ0) is 17.5. The maximum Gasteiger partial charge on any atom is 0.244 e. The molecule has 0 aliphatic carbocycles. The number of amides is 2. The van der Waals surface area contributed by atoms with Gasteiger partial charge < -0.3 is 10.2 Å². The average molecular weight is 318 g/mol. The van der Waals surface area contributed by atoms with Gasteiger partial charge in [0.2, 0.25) is 11.8 Å². The van der Waals surface area contributed by atoms with E-state index in [0.717, 1.165) is 0 Å². The molecule has 0 aromatic heterocycles. The number of nitrogens with zero attached hydrogens (tertiary/aromatic N) is 3. The van der Waals surface area contributed by atoms with Crippen LogP contribution in [0, 0.1) is 22.7 Å². The second-order valence-corrected chi connectivity index (χ2v) is 4.97. The van der Waals surface area contributed by atoms with Crippen LogP contribution in [0.25, 0.3) is 0 Å². The summed E-state index contributed by atoms with van der Waals surface area (Å²) < 4.78 is 0. The van der Waals surface area contributed by atoms with Gasteiger partial charge >= 0.3 is 0 Å². The summed E-state index contributed by atoms with van der Waals surface area (Å²) in [6, 6.07) is 17.0. The first kappa shape index (κ1) is 16.7. The number of para-hydroxylation sites is 1. The van der Waals surface area contributed by atoms with E-state index in [1.54, 1.807) is 48.5 Å². The van der Waals surface area contributed by atoms with Crippen LogP contribution in [0.1, 0.15) is 18.1 Å². The Balaban J connectivity index is 2.15. The predicted octanol–water partition coefficient (Wildman–Crippen LogP) is 2.42. The molecular formula is C18H14N4O2. The summed E-state index contributed by atoms with van der Waals surface area (Å²) in [5.41, 5.74) is 1.73. The molecule has 0 aliphatic rings. The van der Waals surface area contributed by atoms with Crippen LogP contribution in [0.3, 0.4) is 0 Å². The Bertz CT molecular complexity index is 845. The Morgan fingerprint density at radius 2 is 1.71 bits per heavy atom. The molecule has 0 spiro atoms. The minimum Gasteiger partial charge on any atom is -0.323 e. The lowest BCUT2D eigenvalue weighted by Crippen LogP contribution is -2.36. The molecular weight excluding hydrogens is 304 g/mol. The van der Waals surface area contributed by atoms with Crippen LogP contribution in [0.5, 0.6) is 0 Å². The van der Waals surface area contributed by atoms with Gasteiger partial charge in [0.15, 0.2) is 0 Å². The van der Waals surface area contributed by atoms with E-state index in [1.807, 2.05) is 12.1 Å². The van der Waals surface area contributed by atoms with Crippen molar-refractivity contribution in [3.8, 4) is 12.1 Å². The van der Waals surface area contributed by atoms with E-state index in [0.29, 0.717) is 22.5 Å². The molecule has 2 rings (SSSR count). The number of anilines is 2. The molecule has 0 bridgehead atoms. The zero-order valence-corrected chi connectivity index (χ0v) is 13.0. The molecule has 2 aromatic carbocycles. The average Bonchev–Trinajstić information content (AvgIpc) is 2.60. The van der Waals surface area contributed by atoms with Crippen molar-refractivity contribution in [3.05, 3.63) is 59.7 Å². The van der Waals surface area contributed by atoms with Crippen molar-refractivity contribution in [1.29, 1.82) is 10.5 Å². The first-order valence-corrected chi connectivity index (χ1v) is 7.12. The van der Waals surface area contributed by atoms with Gasteiger partial charge in [0, 0.05) is 12.6 Å². The van der Waals surface area contributed by atoms with Crippen LogP contribution in [-0.4, -0.2) is 18.4 Å². The molecule has 2 amide bonds. The Labute approximate surface area is 139 Å². The number of benzene rings is 2. The fourth-order valence-electron chi connectivity index (χ4n) is 2.12. The lowest BCUT2D eigenvalue weighted by atomic mass is 10.2. The second-order valence-electron chi connectivity index (χ2n) is 4.97. The smallest absolute Gasteiger partial charge is 0.244 e. The van der Waals surface area contributed by atoms with E-state index in [9.17, 15) is 9.59 Å². The minimum atomic E-state index is -0.419. The van der Waals surface area contributed by atoms with Crippen LogP contribution >= 0.6 is 0 Å². The molecule has 24 heavy (non-hydrogen) atoms. The fraction of sp³-hybridized carbons (Fsp3) is 0.111. The topological polar surface area (TPSA) is 97.0 Å². The van der Waals surface area contributed by atoms with Gasteiger partial charge in [-0.3, -0.25) is 9.59 Å². The summed E-state index contributed by atoms with van der Waals surface area (Å²) in [5, 5.41) is 20.5. The molecule has 0 atom stereocenters. The fourth-order valence-corrected chi connectivity index (χ4v) is 2.12. The van der Waals surface area contributed by atoms with Crippen LogP contribution < -0.4 is 10.2 Å². The first-order chi connectivity index (χ1) is 11.5. The van der Waals surface area contributed by atoms with E-state index in [4.69, 9.17) is 10.5 Å². The van der Waals surface area contributed by atoms with Crippen molar-refractivity contribution >= 4 is 23.2 Å². The molecule has 0 saturated carbocycles. The van der Waals surface area contributed by atoms with Crippen LogP contribution in [0.15, 0.2) is 48.5 Å². The van der Waals surface area contributed by atoms with Crippen LogP contribution in [0.2, 0.25) is 0 Å². The SMILES string of the molecule is CC(=O)N(CC(=O)Nc1ccccc1C#N)c1ccc(C#N)cc1. The molecule has 0 unspecified atom stereocenters. The quantitative estimate of drug-likeness (QED) is 0.936. The molecule has 6 nitrogen and oxygen atoms in total. The summed E-state index contributed by atoms with van der Waals surface area (Å²) in [5.74, 6) is -0.722. The number of hydrogen-bond donors (Lipinski definition) is 1. The molecule has 0 fully saturated rings. The summed E-state index contributed by atoms with van der Waals surface area (Å²) >= 11 is 0. The highest BCUT2D eigenvalue weighted by Crippen LogP contribution is 2.17. The third-order valence-electron chi connectivity index (χ3n) is 3.31. The summed E-state index contributed by atoms with van der Waals surface area (Å²) in [4.78, 5) is 25.4. The van der Waals surface area contributed by atoms with Gasteiger partial charge in [-0.2, -0.15) is 10.5 Å². The van der Waals surface area contributed by atoms with Crippen molar-refractivity contribution in [3.63, 3.8) is 0 Å². The Morgan fingerprint density at radius 3 is 2.29 bits per heavy atom. The normalized spacial score (nSPS) is 9.46. The lowest BCUT2D eigenvalue weighted by molar-refractivity contribution is -0.120. The Kier molecular flexibility index (Phi) is 5.28. The van der Waals surface area contributed by atoms with Crippen molar-refractivity contribution < 1.29 is 9.59 Å². The molecule has 2 aromatic rings. The first-order valence-electron chi connectivity index (χ1n) is 7.12. The van der Waals surface area contributed by atoms with E-state index in [2.05, 4.69) is 5.32 Å². The van der Waals surface area contributed by atoms with E-state index in [-0.39, 0.29) is 12.5 Å². The number of carbonyl (C=O) groups is 2. The van der Waals surface area contributed by atoms with Gasteiger partial charge in [-0.15, -0.1) is 0 Å². The van der Waals surface area contributed by atoms with Gasteiger partial charge in [-0.05, 0) is 36.4 Å². The molecule has 118 valence electrons. The van der Waals surface area contributed by atoms with Crippen LogP contribution in [0.4, 0.5) is 11.4 Å². The third kappa shape index (κ3) is 3.96. The van der Waals surface area contributed by atoms with Gasteiger partial charge in [0.05, 0.1) is 22.9 Å². The molecule has 0 heterocycles. The lowest BCUT2D eigenvalue weighted by Gasteiger charge is -2.21. The Hall–Kier alpha value is -3.64. The monoisotopic (exact) mass is 318 g/mol. The third-order valence-corrected chi connectivity index (χ3v) is 3.31. The largest absolute Gasteiger partial charge is 0.323 e. The second kappa shape index (κ2) is 7.57. The minimum absolute atomic E-state index is 0.193. The summed E-state index contributed by atoms with van der Waals surface area (Å²) in [6.45, 7) is 1.16. The molecule has 0 aliphatic heterocycles. The van der Waals surface area contributed by atoms with Crippen molar-refractivity contribution in [1.82, 2.24) is 0 Å².